The van der Waals surface area contributed by atoms with Crippen LogP contribution in [-0.4, -0.2) is 80.7 Å². The van der Waals surface area contributed by atoms with Gasteiger partial charge in [-0.15, -0.1) is 0 Å². The number of primary amides is 1. The zero-order chi connectivity index (χ0) is 43.7. The summed E-state index contributed by atoms with van der Waals surface area (Å²) < 4.78 is 17.2. The second-order valence-electron chi connectivity index (χ2n) is 15.2. The van der Waals surface area contributed by atoms with Gasteiger partial charge in [-0.2, -0.15) is 5.53 Å². The minimum Gasteiger partial charge on any atom is -0.497 e. The van der Waals surface area contributed by atoms with Crippen molar-refractivity contribution in [2.24, 2.45) is 11.0 Å². The first-order valence-electron chi connectivity index (χ1n) is 19.6. The van der Waals surface area contributed by atoms with Gasteiger partial charge in [0, 0.05) is 37.5 Å². The van der Waals surface area contributed by atoms with Crippen molar-refractivity contribution in [2.75, 3.05) is 45.2 Å². The highest BCUT2D eigenvalue weighted by Crippen LogP contribution is 2.36. The molecular formula is C44H59N7O8. The number of carbonyl (C=O) groups excluding carboxylic acids is 5. The largest absolute Gasteiger partial charge is 0.497 e. The Bertz CT molecular complexity index is 1980. The van der Waals surface area contributed by atoms with Crippen LogP contribution in [0.3, 0.4) is 0 Å². The molecule has 1 aliphatic heterocycles. The smallest absolute Gasteiger partial charge is 0.264 e. The first-order chi connectivity index (χ1) is 28.1. The zero-order valence-corrected chi connectivity index (χ0v) is 35.3. The van der Waals surface area contributed by atoms with E-state index in [1.807, 2.05) is 19.1 Å². The number of hydrogen-bond acceptors (Lipinski definition) is 11. The first kappa shape index (κ1) is 47.1. The number of hydrogen-bond donors (Lipinski definition) is 3. The van der Waals surface area contributed by atoms with Gasteiger partial charge in [-0.3, -0.25) is 24.1 Å². The monoisotopic (exact) mass is 813 g/mol. The van der Waals surface area contributed by atoms with Gasteiger partial charge in [-0.25, -0.2) is 5.01 Å². The zero-order valence-electron chi connectivity index (χ0n) is 35.3. The summed E-state index contributed by atoms with van der Waals surface area (Å²) >= 11 is 0. The third-order valence-electron chi connectivity index (χ3n) is 9.92. The molecule has 0 radical (unpaired) electrons. The number of nitrogens with two attached hydrogens (primary N) is 2. The fraction of sp³-hybridized carbons (Fsp3) is 0.432. The molecule has 59 heavy (non-hydrogen) atoms. The van der Waals surface area contributed by atoms with Gasteiger partial charge in [0.15, 0.2) is 0 Å². The standard InChI is InChI=1S/C43H56N6O7.CH3NO/c1-29(49(46-45)37-27-33(54-6)18-19-38(37)55-7)23-30-24-31(43(2,3)4)26-34(25-30)56-22-13-11-9-8-10-12-21-47(5)39(51)20-17-32(28-50)48-41(52)35-15-14-16-36(44)40(35)42(48)53;2-1-3/h14-16,18-19,23-28,32,45H,8-13,17,20-22,44H2,1-7H3;1H,(H2,2,3)/b29-23+,46-45?;. The van der Waals surface area contributed by atoms with Crippen molar-refractivity contribution in [1.82, 2.24) is 9.80 Å². The van der Waals surface area contributed by atoms with Crippen molar-refractivity contribution < 1.29 is 38.2 Å². The van der Waals surface area contributed by atoms with Crippen LogP contribution in [0.2, 0.25) is 0 Å². The fourth-order valence-corrected chi connectivity index (χ4v) is 6.63. The molecule has 0 fully saturated rings. The molecule has 1 atom stereocenters. The van der Waals surface area contributed by atoms with E-state index in [2.05, 4.69) is 43.9 Å². The summed E-state index contributed by atoms with van der Waals surface area (Å²) in [6.07, 6.45) is 8.67. The van der Waals surface area contributed by atoms with E-state index in [-0.39, 0.29) is 47.4 Å². The van der Waals surface area contributed by atoms with Crippen LogP contribution in [0.25, 0.3) is 6.08 Å². The predicted octanol–water partition coefficient (Wildman–Crippen LogP) is 7.32. The van der Waals surface area contributed by atoms with E-state index < -0.39 is 17.9 Å². The van der Waals surface area contributed by atoms with Crippen LogP contribution >= 0.6 is 0 Å². The topological polar surface area (TPSA) is 211 Å². The first-order valence-corrected chi connectivity index (χ1v) is 19.6. The molecule has 4 amide bonds. The van der Waals surface area contributed by atoms with Crippen molar-refractivity contribution in [3.63, 3.8) is 0 Å². The molecule has 318 valence electrons. The number of methoxy groups -OCH3 is 2. The number of fused-ring (bicyclic) bond motifs is 1. The molecule has 0 saturated heterocycles. The van der Waals surface area contributed by atoms with Crippen LogP contribution in [0, 0.1) is 5.53 Å². The Morgan fingerprint density at radius 1 is 0.932 bits per heavy atom. The summed E-state index contributed by atoms with van der Waals surface area (Å²) in [6.45, 7) is 9.54. The van der Waals surface area contributed by atoms with E-state index in [4.69, 9.17) is 30.3 Å². The maximum absolute atomic E-state index is 12.9. The Labute approximate surface area is 347 Å². The van der Waals surface area contributed by atoms with E-state index in [0.717, 1.165) is 66.0 Å². The van der Waals surface area contributed by atoms with Crippen LogP contribution in [0.15, 0.2) is 65.5 Å². The highest BCUT2D eigenvalue weighted by molar-refractivity contribution is 6.24. The lowest BCUT2D eigenvalue weighted by Gasteiger charge is -2.23. The lowest BCUT2D eigenvalue weighted by Crippen LogP contribution is -2.41. The van der Waals surface area contributed by atoms with Crippen molar-refractivity contribution in [1.29, 1.82) is 5.53 Å². The second kappa shape index (κ2) is 22.6. The number of allylic oxidation sites excluding steroid dienone is 1. The van der Waals surface area contributed by atoms with Gasteiger partial charge in [0.1, 0.15) is 29.2 Å². The van der Waals surface area contributed by atoms with Gasteiger partial charge in [0.05, 0.1) is 38.0 Å². The van der Waals surface area contributed by atoms with Crippen LogP contribution in [0.1, 0.15) is 111 Å². The number of rotatable bonds is 21. The molecule has 5 N–H and O–H groups in total. The number of amides is 4. The molecule has 1 unspecified atom stereocenters. The Morgan fingerprint density at radius 3 is 2.22 bits per heavy atom. The summed E-state index contributed by atoms with van der Waals surface area (Å²) in [5, 5.41) is 5.29. The molecule has 3 aromatic rings. The van der Waals surface area contributed by atoms with Gasteiger partial charge >= 0.3 is 0 Å². The Morgan fingerprint density at radius 2 is 1.61 bits per heavy atom. The molecule has 0 aliphatic carbocycles. The molecule has 15 nitrogen and oxygen atoms in total. The summed E-state index contributed by atoms with van der Waals surface area (Å²) in [6, 6.07) is 15.2. The average molecular weight is 814 g/mol. The Balaban J connectivity index is 0.00000300. The highest BCUT2D eigenvalue weighted by Gasteiger charge is 2.41. The quantitative estimate of drug-likeness (QED) is 0.0244. The number of nitrogens with one attached hydrogen (secondary N) is 1. The fourth-order valence-electron chi connectivity index (χ4n) is 6.63. The molecule has 3 aromatic carbocycles. The lowest BCUT2D eigenvalue weighted by atomic mass is 9.86. The number of nitrogens with zero attached hydrogens (tertiary/aromatic N) is 4. The van der Waals surface area contributed by atoms with Crippen molar-refractivity contribution >= 4 is 47.9 Å². The van der Waals surface area contributed by atoms with Gasteiger partial charge in [0.25, 0.3) is 11.8 Å². The molecule has 0 spiro atoms. The minimum absolute atomic E-state index is 0.0385. The maximum atomic E-state index is 12.9. The number of benzene rings is 3. The van der Waals surface area contributed by atoms with Gasteiger partial charge in [-0.05, 0) is 85.2 Å². The normalized spacial score (nSPS) is 12.8. The molecule has 0 aromatic heterocycles. The lowest BCUT2D eigenvalue weighted by molar-refractivity contribution is -0.130. The van der Waals surface area contributed by atoms with Gasteiger partial charge in [0.2, 0.25) is 12.3 Å². The number of anilines is 2. The SMILES string of the molecule is COc1ccc(OC)c(N(N=N)/C(C)=C/c2cc(OCCCCCCCCN(C)C(=O)CCC(C=O)N3C(=O)c4cccc(N)c4C3=O)cc(C(C)(C)C)c2)c1.NC=O. The molecule has 1 heterocycles. The molecule has 4 rings (SSSR count). The maximum Gasteiger partial charge on any atom is 0.264 e. The summed E-state index contributed by atoms with van der Waals surface area (Å²) in [7, 11) is 4.90. The molecular weight excluding hydrogens is 755 g/mol. The number of unbranched alkanes of at least 4 members (excludes halogenated alkanes) is 5. The molecule has 0 bridgehead atoms. The molecule has 1 aliphatic rings. The summed E-state index contributed by atoms with van der Waals surface area (Å²) in [4.78, 5) is 61.6. The van der Waals surface area contributed by atoms with Crippen molar-refractivity contribution in [2.45, 2.75) is 90.5 Å². The number of carbonyl (C=O) groups is 5. The molecule has 15 heteroatoms. The Hall–Kier alpha value is -6.25. The number of nitrogen functional groups attached to an aromatic ring is 1. The predicted molar refractivity (Wildman–Crippen MR) is 227 cm³/mol. The summed E-state index contributed by atoms with van der Waals surface area (Å²) in [5.41, 5.74) is 21.7. The van der Waals surface area contributed by atoms with Crippen LogP contribution in [0.4, 0.5) is 11.4 Å². The third-order valence-corrected chi connectivity index (χ3v) is 9.92. The van der Waals surface area contributed by atoms with E-state index in [1.165, 1.54) is 17.1 Å². The number of ether oxygens (including phenoxy) is 3. The Kier molecular flexibility index (Phi) is 18.1. The highest BCUT2D eigenvalue weighted by atomic mass is 16.5. The van der Waals surface area contributed by atoms with Crippen LogP contribution in [-0.2, 0) is 19.8 Å². The van der Waals surface area contributed by atoms with Crippen LogP contribution < -0.4 is 30.7 Å². The van der Waals surface area contributed by atoms with E-state index in [0.29, 0.717) is 36.6 Å². The number of imide groups is 1. The number of aldehydes is 1. The third kappa shape index (κ3) is 12.9. The summed E-state index contributed by atoms with van der Waals surface area (Å²) in [5.74, 6) is 0.664. The van der Waals surface area contributed by atoms with Crippen molar-refractivity contribution in [3.8, 4) is 17.2 Å². The van der Waals surface area contributed by atoms with Gasteiger partial charge < -0.3 is 35.4 Å². The molecule has 0 saturated carbocycles. The van der Waals surface area contributed by atoms with Crippen molar-refractivity contribution in [3.05, 3.63) is 82.5 Å². The minimum atomic E-state index is -1.04. The average Bonchev–Trinajstić information content (AvgIpc) is 3.46. The van der Waals surface area contributed by atoms with Gasteiger partial charge in [-0.1, -0.05) is 63.8 Å². The van der Waals surface area contributed by atoms with Crippen LogP contribution in [0.5, 0.6) is 17.2 Å². The second-order valence-corrected chi connectivity index (χ2v) is 15.2. The van der Waals surface area contributed by atoms with E-state index >= 15 is 0 Å². The van der Waals surface area contributed by atoms with E-state index in [1.54, 1.807) is 50.4 Å². The van der Waals surface area contributed by atoms with E-state index in [9.17, 15) is 19.2 Å².